The van der Waals surface area contributed by atoms with Crippen molar-refractivity contribution in [1.82, 2.24) is 14.7 Å². The molecular weight excluding hydrogens is 244 g/mol. The molecule has 0 spiro atoms. The van der Waals surface area contributed by atoms with Crippen LogP contribution in [-0.4, -0.2) is 39.6 Å². The third-order valence-corrected chi connectivity index (χ3v) is 3.36. The molecule has 1 fully saturated rings. The molecule has 0 bridgehead atoms. The number of rotatable bonds is 5. The fourth-order valence-corrected chi connectivity index (χ4v) is 2.25. The van der Waals surface area contributed by atoms with Crippen molar-refractivity contribution in [1.29, 1.82) is 0 Å². The zero-order valence-corrected chi connectivity index (χ0v) is 11.5. The molecule has 1 aliphatic heterocycles. The molecule has 19 heavy (non-hydrogen) atoms. The van der Waals surface area contributed by atoms with E-state index in [2.05, 4.69) is 10.4 Å². The van der Waals surface area contributed by atoms with E-state index in [-0.39, 0.29) is 11.8 Å². The molecule has 1 aromatic rings. The molecule has 1 saturated heterocycles. The Morgan fingerprint density at radius 1 is 1.53 bits per heavy atom. The van der Waals surface area contributed by atoms with Gasteiger partial charge in [-0.2, -0.15) is 5.10 Å². The number of aromatic nitrogens is 2. The van der Waals surface area contributed by atoms with Crippen molar-refractivity contribution < 1.29 is 9.59 Å². The van der Waals surface area contributed by atoms with Crippen LogP contribution in [0.3, 0.4) is 0 Å². The van der Waals surface area contributed by atoms with Gasteiger partial charge in [0.25, 0.3) is 0 Å². The number of nitrogens with zero attached hydrogens (tertiary/aromatic N) is 3. The smallest absolute Gasteiger partial charge is 0.227 e. The highest BCUT2D eigenvalue weighted by atomic mass is 16.2. The van der Waals surface area contributed by atoms with E-state index in [0.29, 0.717) is 25.9 Å². The first-order valence-corrected chi connectivity index (χ1v) is 6.72. The first-order chi connectivity index (χ1) is 9.11. The van der Waals surface area contributed by atoms with Gasteiger partial charge in [0.1, 0.15) is 5.82 Å². The van der Waals surface area contributed by atoms with E-state index >= 15 is 0 Å². The maximum atomic E-state index is 11.9. The van der Waals surface area contributed by atoms with Gasteiger partial charge in [0, 0.05) is 38.0 Å². The van der Waals surface area contributed by atoms with E-state index < -0.39 is 0 Å². The molecule has 6 nitrogen and oxygen atoms in total. The number of anilines is 1. The Labute approximate surface area is 112 Å². The lowest BCUT2D eigenvalue weighted by Gasteiger charge is -2.15. The SMILES string of the molecule is CCn1ncc(C)c1NC(=O)CCN1CCCC1=O. The van der Waals surface area contributed by atoms with Crippen LogP contribution in [-0.2, 0) is 16.1 Å². The van der Waals surface area contributed by atoms with E-state index in [4.69, 9.17) is 0 Å². The highest BCUT2D eigenvalue weighted by molar-refractivity contribution is 5.91. The van der Waals surface area contributed by atoms with Crippen LogP contribution in [0.25, 0.3) is 0 Å². The predicted molar refractivity (Wildman–Crippen MR) is 71.7 cm³/mol. The van der Waals surface area contributed by atoms with Crippen LogP contribution in [0.5, 0.6) is 0 Å². The highest BCUT2D eigenvalue weighted by Gasteiger charge is 2.20. The molecule has 0 aliphatic carbocycles. The number of hydrogen-bond donors (Lipinski definition) is 1. The van der Waals surface area contributed by atoms with E-state index in [1.165, 1.54) is 0 Å². The quantitative estimate of drug-likeness (QED) is 0.868. The molecule has 104 valence electrons. The minimum atomic E-state index is -0.0713. The Hall–Kier alpha value is -1.85. The Morgan fingerprint density at radius 3 is 2.95 bits per heavy atom. The van der Waals surface area contributed by atoms with E-state index in [1.807, 2.05) is 13.8 Å². The maximum Gasteiger partial charge on any atom is 0.227 e. The fourth-order valence-electron chi connectivity index (χ4n) is 2.25. The van der Waals surface area contributed by atoms with Gasteiger partial charge in [0.15, 0.2) is 0 Å². The van der Waals surface area contributed by atoms with Crippen LogP contribution in [0.2, 0.25) is 0 Å². The fraction of sp³-hybridized carbons (Fsp3) is 0.615. The van der Waals surface area contributed by atoms with Crippen LogP contribution in [0, 0.1) is 6.92 Å². The summed E-state index contributed by atoms with van der Waals surface area (Å²) in [6.45, 7) is 5.89. The number of hydrogen-bond acceptors (Lipinski definition) is 3. The summed E-state index contributed by atoms with van der Waals surface area (Å²) in [5.41, 5.74) is 0.951. The van der Waals surface area contributed by atoms with Gasteiger partial charge >= 0.3 is 0 Å². The third kappa shape index (κ3) is 3.13. The largest absolute Gasteiger partial charge is 0.342 e. The summed E-state index contributed by atoms with van der Waals surface area (Å²) in [4.78, 5) is 25.1. The number of likely N-dealkylation sites (tertiary alicyclic amines) is 1. The highest BCUT2D eigenvalue weighted by Crippen LogP contribution is 2.14. The van der Waals surface area contributed by atoms with Crippen LogP contribution in [0.1, 0.15) is 31.7 Å². The first-order valence-electron chi connectivity index (χ1n) is 6.72. The van der Waals surface area contributed by atoms with Crippen LogP contribution >= 0.6 is 0 Å². The number of amides is 2. The lowest BCUT2D eigenvalue weighted by molar-refractivity contribution is -0.128. The second-order valence-electron chi connectivity index (χ2n) is 4.77. The lowest BCUT2D eigenvalue weighted by Crippen LogP contribution is -2.29. The Kier molecular flexibility index (Phi) is 4.19. The third-order valence-electron chi connectivity index (χ3n) is 3.36. The molecular formula is C13H20N4O2. The lowest BCUT2D eigenvalue weighted by atomic mass is 10.3. The van der Waals surface area contributed by atoms with Crippen molar-refractivity contribution in [2.75, 3.05) is 18.4 Å². The molecule has 0 aromatic carbocycles. The van der Waals surface area contributed by atoms with Crippen molar-refractivity contribution in [2.45, 2.75) is 39.7 Å². The number of carbonyl (C=O) groups excluding carboxylic acids is 2. The van der Waals surface area contributed by atoms with Gasteiger partial charge in [-0.05, 0) is 20.3 Å². The van der Waals surface area contributed by atoms with Gasteiger partial charge in [-0.15, -0.1) is 0 Å². The molecule has 0 radical (unpaired) electrons. The Morgan fingerprint density at radius 2 is 2.32 bits per heavy atom. The van der Waals surface area contributed by atoms with Gasteiger partial charge in [0.05, 0.1) is 6.20 Å². The monoisotopic (exact) mass is 264 g/mol. The summed E-state index contributed by atoms with van der Waals surface area (Å²) in [7, 11) is 0. The molecule has 2 rings (SSSR count). The molecule has 1 aliphatic rings. The van der Waals surface area contributed by atoms with Crippen molar-refractivity contribution in [3.8, 4) is 0 Å². The molecule has 2 heterocycles. The van der Waals surface area contributed by atoms with E-state index in [1.54, 1.807) is 15.8 Å². The van der Waals surface area contributed by atoms with Crippen molar-refractivity contribution in [2.24, 2.45) is 0 Å². The molecule has 6 heteroatoms. The standard InChI is InChI=1S/C13H20N4O2/c1-3-17-13(10(2)9-14-17)15-11(18)6-8-16-7-4-5-12(16)19/h9H,3-8H2,1-2H3,(H,15,18). The van der Waals surface area contributed by atoms with Crippen LogP contribution in [0.15, 0.2) is 6.20 Å². The average molecular weight is 264 g/mol. The molecule has 0 unspecified atom stereocenters. The number of nitrogens with one attached hydrogen (secondary N) is 1. The summed E-state index contributed by atoms with van der Waals surface area (Å²) in [5, 5.41) is 7.05. The zero-order chi connectivity index (χ0) is 13.8. The summed E-state index contributed by atoms with van der Waals surface area (Å²) in [6.07, 6.45) is 3.59. The molecule has 2 amide bonds. The second kappa shape index (κ2) is 5.86. The van der Waals surface area contributed by atoms with Crippen molar-refractivity contribution >= 4 is 17.6 Å². The summed E-state index contributed by atoms with van der Waals surface area (Å²) >= 11 is 0. The van der Waals surface area contributed by atoms with Gasteiger partial charge in [0.2, 0.25) is 11.8 Å². The normalized spacial score (nSPS) is 15.1. The van der Waals surface area contributed by atoms with Gasteiger partial charge in [-0.25, -0.2) is 4.68 Å². The second-order valence-corrected chi connectivity index (χ2v) is 4.77. The Bertz CT molecular complexity index is 481. The van der Waals surface area contributed by atoms with E-state index in [0.717, 1.165) is 24.3 Å². The molecule has 0 saturated carbocycles. The summed E-state index contributed by atoms with van der Waals surface area (Å²) in [6, 6.07) is 0. The van der Waals surface area contributed by atoms with Gasteiger partial charge in [-0.3, -0.25) is 9.59 Å². The molecule has 0 atom stereocenters. The van der Waals surface area contributed by atoms with Crippen LogP contribution < -0.4 is 5.32 Å². The summed E-state index contributed by atoms with van der Waals surface area (Å²) < 4.78 is 1.76. The van der Waals surface area contributed by atoms with Crippen LogP contribution in [0.4, 0.5) is 5.82 Å². The zero-order valence-electron chi connectivity index (χ0n) is 11.5. The topological polar surface area (TPSA) is 67.2 Å². The summed E-state index contributed by atoms with van der Waals surface area (Å²) in [5.74, 6) is 0.834. The van der Waals surface area contributed by atoms with Gasteiger partial charge in [-0.1, -0.05) is 0 Å². The van der Waals surface area contributed by atoms with E-state index in [9.17, 15) is 9.59 Å². The number of aryl methyl sites for hydroxylation is 2. The minimum Gasteiger partial charge on any atom is -0.342 e. The molecule has 1 aromatic heterocycles. The van der Waals surface area contributed by atoms with Gasteiger partial charge < -0.3 is 10.2 Å². The molecule has 1 N–H and O–H groups in total. The average Bonchev–Trinajstić information content (AvgIpc) is 2.95. The first kappa shape index (κ1) is 13.6. The minimum absolute atomic E-state index is 0.0713. The van der Waals surface area contributed by atoms with Crippen molar-refractivity contribution in [3.05, 3.63) is 11.8 Å². The van der Waals surface area contributed by atoms with Crippen molar-refractivity contribution in [3.63, 3.8) is 0 Å². The predicted octanol–water partition coefficient (Wildman–Crippen LogP) is 1.16. The Balaban J connectivity index is 1.87. The number of carbonyl (C=O) groups is 2. The maximum absolute atomic E-state index is 11.9.